The summed E-state index contributed by atoms with van der Waals surface area (Å²) in [6, 6.07) is 18.2. The van der Waals surface area contributed by atoms with Crippen molar-refractivity contribution in [3.05, 3.63) is 65.7 Å². The molecule has 240 valence electrons. The van der Waals surface area contributed by atoms with E-state index < -0.39 is 19.8 Å². The summed E-state index contributed by atoms with van der Waals surface area (Å²) in [4.78, 5) is 12.2. The lowest BCUT2D eigenvalue weighted by molar-refractivity contribution is -0.142. The predicted octanol–water partition coefficient (Wildman–Crippen LogP) is 7.71. The molecule has 0 unspecified atom stereocenters. The van der Waals surface area contributed by atoms with Crippen LogP contribution in [0.3, 0.4) is 0 Å². The van der Waals surface area contributed by atoms with Gasteiger partial charge in [0.15, 0.2) is 14.4 Å². The molecule has 7 nitrogen and oxygen atoms in total. The molecule has 1 fully saturated rings. The zero-order chi connectivity index (χ0) is 31.8. The third-order valence-corrected chi connectivity index (χ3v) is 13.7. The summed E-state index contributed by atoms with van der Waals surface area (Å²) in [7, 11) is 0.871. The van der Waals surface area contributed by atoms with Gasteiger partial charge in [0, 0.05) is 18.3 Å². The van der Waals surface area contributed by atoms with Crippen molar-refractivity contribution in [3.8, 4) is 5.75 Å². The van der Waals surface area contributed by atoms with Crippen molar-refractivity contribution >= 4 is 14.3 Å². The van der Waals surface area contributed by atoms with Crippen molar-refractivity contribution in [1.29, 1.82) is 0 Å². The van der Waals surface area contributed by atoms with Crippen molar-refractivity contribution in [2.45, 2.75) is 123 Å². The third-order valence-electron chi connectivity index (χ3n) is 9.24. The second-order valence-corrected chi connectivity index (χ2v) is 18.5. The first-order valence-corrected chi connectivity index (χ1v) is 18.4. The number of methoxy groups -OCH3 is 2. The van der Waals surface area contributed by atoms with Gasteiger partial charge in [-0.3, -0.25) is 0 Å². The van der Waals surface area contributed by atoms with Gasteiger partial charge in [-0.25, -0.2) is 4.79 Å². The average molecular weight is 615 g/mol. The second-order valence-electron chi connectivity index (χ2n) is 13.8. The molecule has 0 saturated carbocycles. The molecule has 0 amide bonds. The fraction of sp³-hybridized carbons (Fsp3) is 0.629. The van der Waals surface area contributed by atoms with Crippen molar-refractivity contribution in [1.82, 2.24) is 0 Å². The molecule has 0 radical (unpaired) electrons. The van der Waals surface area contributed by atoms with Gasteiger partial charge in [-0.2, -0.15) is 0 Å². The summed E-state index contributed by atoms with van der Waals surface area (Å²) in [5, 5.41) is 0.0116. The number of carbonyl (C=O) groups is 1. The molecule has 2 aromatic carbocycles. The van der Waals surface area contributed by atoms with Crippen molar-refractivity contribution < 1.29 is 32.9 Å². The summed E-state index contributed by atoms with van der Waals surface area (Å²) in [5.74, 6) is 0.481. The topological polar surface area (TPSA) is 75.8 Å². The number of epoxide rings is 1. The van der Waals surface area contributed by atoms with Gasteiger partial charge >= 0.3 is 5.97 Å². The van der Waals surface area contributed by atoms with Gasteiger partial charge in [0.1, 0.15) is 5.75 Å². The monoisotopic (exact) mass is 614 g/mol. The molecular weight excluding hydrogens is 560 g/mol. The van der Waals surface area contributed by atoms with Crippen molar-refractivity contribution in [2.75, 3.05) is 14.2 Å². The average Bonchev–Trinajstić information content (AvgIpc) is 3.75. The Morgan fingerprint density at radius 1 is 0.884 bits per heavy atom. The SMILES string of the molecule is CC[C@@H](C[C@@H](OCc1ccc(OC)cc1)C(C)(C)[C@@H](C[C@H]1O[C@@H]1C(=O)OC)O[Si](C)(C)C(C)(C)C)OCc1ccccc1. The fourth-order valence-electron chi connectivity index (χ4n) is 4.98. The Kier molecular flexibility index (Phi) is 12.4. The van der Waals surface area contributed by atoms with Gasteiger partial charge in [-0.05, 0) is 47.8 Å². The summed E-state index contributed by atoms with van der Waals surface area (Å²) >= 11 is 0. The second kappa shape index (κ2) is 15.2. The molecule has 3 rings (SSSR count). The normalized spacial score (nSPS) is 19.4. The molecule has 2 aromatic rings. The number of carbonyl (C=O) groups excluding carboxylic acids is 1. The van der Waals surface area contributed by atoms with Crippen molar-refractivity contribution in [3.63, 3.8) is 0 Å². The predicted molar refractivity (Wildman–Crippen MR) is 173 cm³/mol. The first-order chi connectivity index (χ1) is 20.2. The van der Waals surface area contributed by atoms with E-state index in [1.54, 1.807) is 7.11 Å². The maximum absolute atomic E-state index is 12.2. The Morgan fingerprint density at radius 2 is 1.49 bits per heavy atom. The number of hydrogen-bond donors (Lipinski definition) is 0. The van der Waals surface area contributed by atoms with Crippen LogP contribution in [0.4, 0.5) is 0 Å². The molecule has 8 heteroatoms. The lowest BCUT2D eigenvalue weighted by Gasteiger charge is -2.47. The Balaban J connectivity index is 1.89. The van der Waals surface area contributed by atoms with E-state index in [0.29, 0.717) is 26.1 Å². The van der Waals surface area contributed by atoms with Crippen LogP contribution in [0.1, 0.15) is 71.9 Å². The molecule has 0 N–H and O–H groups in total. The van der Waals surface area contributed by atoms with Crippen LogP contribution in [0.25, 0.3) is 0 Å². The Morgan fingerprint density at radius 3 is 2.05 bits per heavy atom. The summed E-state index contributed by atoms with van der Waals surface area (Å²) in [6.07, 6.45) is 0.964. The van der Waals surface area contributed by atoms with Gasteiger partial charge in [-0.15, -0.1) is 0 Å². The molecular formula is C35H54O7Si. The van der Waals surface area contributed by atoms with Crippen LogP contribution < -0.4 is 4.74 Å². The van der Waals surface area contributed by atoms with E-state index in [1.807, 2.05) is 42.5 Å². The zero-order valence-electron chi connectivity index (χ0n) is 28.0. The van der Waals surface area contributed by atoms with Gasteiger partial charge in [0.05, 0.1) is 51.8 Å². The number of rotatable bonds is 17. The van der Waals surface area contributed by atoms with Gasteiger partial charge in [-0.1, -0.05) is 84.0 Å². The van der Waals surface area contributed by atoms with E-state index in [9.17, 15) is 4.79 Å². The first-order valence-electron chi connectivity index (χ1n) is 15.5. The molecule has 1 saturated heterocycles. The Labute approximate surface area is 260 Å². The number of benzene rings is 2. The van der Waals surface area contributed by atoms with Crippen LogP contribution in [-0.2, 0) is 41.4 Å². The number of hydrogen-bond acceptors (Lipinski definition) is 7. The Hall–Kier alpha value is -2.23. The van der Waals surface area contributed by atoms with Crippen LogP contribution in [-0.4, -0.2) is 59.0 Å². The fourth-order valence-corrected chi connectivity index (χ4v) is 6.45. The largest absolute Gasteiger partial charge is 0.497 e. The maximum Gasteiger partial charge on any atom is 0.337 e. The van der Waals surface area contributed by atoms with Crippen LogP contribution in [0.5, 0.6) is 5.75 Å². The molecule has 1 aliphatic heterocycles. The Bertz CT molecular complexity index is 1130. The van der Waals surface area contributed by atoms with E-state index in [0.717, 1.165) is 23.3 Å². The molecule has 5 atom stereocenters. The number of ether oxygens (including phenoxy) is 5. The van der Waals surface area contributed by atoms with Crippen LogP contribution >= 0.6 is 0 Å². The summed E-state index contributed by atoms with van der Waals surface area (Å²) in [6.45, 7) is 18.9. The zero-order valence-corrected chi connectivity index (χ0v) is 29.0. The van der Waals surface area contributed by atoms with E-state index in [1.165, 1.54) is 7.11 Å². The van der Waals surface area contributed by atoms with E-state index in [-0.39, 0.29) is 35.4 Å². The first kappa shape index (κ1) is 35.2. The minimum atomic E-state index is -2.20. The highest BCUT2D eigenvalue weighted by molar-refractivity contribution is 6.74. The summed E-state index contributed by atoms with van der Waals surface area (Å²) in [5.41, 5.74) is 1.78. The lowest BCUT2D eigenvalue weighted by atomic mass is 9.76. The van der Waals surface area contributed by atoms with E-state index in [4.69, 9.17) is 28.1 Å². The van der Waals surface area contributed by atoms with Gasteiger partial charge in [0.2, 0.25) is 0 Å². The molecule has 1 aliphatic rings. The van der Waals surface area contributed by atoms with Gasteiger partial charge < -0.3 is 28.1 Å². The lowest BCUT2D eigenvalue weighted by Crippen LogP contribution is -2.52. The summed E-state index contributed by atoms with van der Waals surface area (Å²) < 4.78 is 36.5. The smallest absolute Gasteiger partial charge is 0.337 e. The van der Waals surface area contributed by atoms with Crippen LogP contribution in [0, 0.1) is 5.41 Å². The minimum Gasteiger partial charge on any atom is -0.497 e. The van der Waals surface area contributed by atoms with Crippen LogP contribution in [0.15, 0.2) is 54.6 Å². The highest BCUT2D eigenvalue weighted by atomic mass is 28.4. The molecule has 1 heterocycles. The van der Waals surface area contributed by atoms with Crippen LogP contribution in [0.2, 0.25) is 18.1 Å². The van der Waals surface area contributed by atoms with E-state index in [2.05, 4.69) is 66.8 Å². The third kappa shape index (κ3) is 9.88. The highest BCUT2D eigenvalue weighted by Crippen LogP contribution is 2.45. The quantitative estimate of drug-likeness (QED) is 0.103. The van der Waals surface area contributed by atoms with E-state index >= 15 is 0 Å². The molecule has 0 aromatic heterocycles. The standard InChI is InChI=1S/C35H54O7Si/c1-11-27(39-23-25-15-13-12-14-16-25)21-30(40-24-26-17-19-28(37-7)20-18-26)35(5,6)31(42-43(9,10)34(2,3)4)22-29-32(41-29)33(36)38-8/h12-20,27,29-32H,11,21-24H2,1-10H3/t27-,29+,30+,31+,32-/m0/s1. The molecule has 0 bridgehead atoms. The minimum absolute atomic E-state index is 0.00568. The number of esters is 1. The van der Waals surface area contributed by atoms with Gasteiger partial charge in [0.25, 0.3) is 0 Å². The maximum atomic E-state index is 12.2. The molecule has 0 aliphatic carbocycles. The molecule has 43 heavy (non-hydrogen) atoms. The highest BCUT2D eigenvalue weighted by Gasteiger charge is 2.53. The molecule has 0 spiro atoms. The van der Waals surface area contributed by atoms with Crippen molar-refractivity contribution in [2.24, 2.45) is 5.41 Å².